The summed E-state index contributed by atoms with van der Waals surface area (Å²) in [6.45, 7) is 2.06. The molecule has 1 unspecified atom stereocenters. The van der Waals surface area contributed by atoms with E-state index in [0.717, 1.165) is 30.7 Å². The first-order valence-electron chi connectivity index (χ1n) is 6.56. The van der Waals surface area contributed by atoms with E-state index in [1.807, 2.05) is 0 Å². The van der Waals surface area contributed by atoms with Gasteiger partial charge in [0.05, 0.1) is 11.1 Å². The van der Waals surface area contributed by atoms with Crippen LogP contribution in [0, 0.1) is 0 Å². The zero-order valence-electron chi connectivity index (χ0n) is 11.2. The van der Waals surface area contributed by atoms with E-state index in [4.69, 9.17) is 5.11 Å². The minimum Gasteiger partial charge on any atom is -0.478 e. The average molecular weight is 272 g/mol. The smallest absolute Gasteiger partial charge is 0.335 e. The minimum absolute atomic E-state index is 0.239. The van der Waals surface area contributed by atoms with Gasteiger partial charge in [0.1, 0.15) is 12.1 Å². The third-order valence-electron chi connectivity index (χ3n) is 3.62. The number of carboxylic acids is 1. The second-order valence-corrected chi connectivity index (χ2v) is 5.15. The fourth-order valence-corrected chi connectivity index (χ4v) is 2.55. The van der Waals surface area contributed by atoms with Gasteiger partial charge >= 0.3 is 5.97 Å². The van der Waals surface area contributed by atoms with Crippen LogP contribution in [0.4, 0.5) is 5.82 Å². The SMILES string of the molecule is CN1CCC(Nc2ncnc3cc(C(=O)O)ccc23)C1. The van der Waals surface area contributed by atoms with Crippen LogP contribution in [0.5, 0.6) is 0 Å². The number of hydrogen-bond acceptors (Lipinski definition) is 5. The zero-order chi connectivity index (χ0) is 14.1. The fraction of sp³-hybridized carbons (Fsp3) is 0.357. The third-order valence-corrected chi connectivity index (χ3v) is 3.62. The molecule has 0 bridgehead atoms. The Bertz CT molecular complexity index is 659. The van der Waals surface area contributed by atoms with Crippen LogP contribution in [-0.2, 0) is 0 Å². The van der Waals surface area contributed by atoms with Crippen LogP contribution in [0.25, 0.3) is 10.9 Å². The lowest BCUT2D eigenvalue weighted by atomic mass is 10.1. The maximum Gasteiger partial charge on any atom is 0.335 e. The number of rotatable bonds is 3. The molecule has 6 heteroatoms. The zero-order valence-corrected chi connectivity index (χ0v) is 11.2. The van der Waals surface area contributed by atoms with Crippen molar-refractivity contribution >= 4 is 22.7 Å². The Balaban J connectivity index is 1.93. The van der Waals surface area contributed by atoms with E-state index in [1.54, 1.807) is 18.2 Å². The lowest BCUT2D eigenvalue weighted by Gasteiger charge is -2.14. The first-order valence-corrected chi connectivity index (χ1v) is 6.56. The topological polar surface area (TPSA) is 78.3 Å². The van der Waals surface area contributed by atoms with Crippen molar-refractivity contribution in [2.24, 2.45) is 0 Å². The van der Waals surface area contributed by atoms with Gasteiger partial charge in [0.2, 0.25) is 0 Å². The molecule has 1 atom stereocenters. The predicted molar refractivity (Wildman–Crippen MR) is 76.0 cm³/mol. The molecular formula is C14H16N4O2. The molecule has 2 aromatic rings. The second kappa shape index (κ2) is 5.05. The number of hydrogen-bond donors (Lipinski definition) is 2. The first kappa shape index (κ1) is 12.8. The summed E-state index contributed by atoms with van der Waals surface area (Å²) in [5.41, 5.74) is 0.886. The summed E-state index contributed by atoms with van der Waals surface area (Å²) < 4.78 is 0. The summed E-state index contributed by atoms with van der Waals surface area (Å²) in [5.74, 6) is -0.176. The third kappa shape index (κ3) is 2.42. The van der Waals surface area contributed by atoms with Gasteiger partial charge in [-0.15, -0.1) is 0 Å². The van der Waals surface area contributed by atoms with Gasteiger partial charge in [-0.25, -0.2) is 14.8 Å². The number of carboxylic acid groups (broad SMARTS) is 1. The number of aromatic nitrogens is 2. The van der Waals surface area contributed by atoms with Crippen molar-refractivity contribution in [3.8, 4) is 0 Å². The summed E-state index contributed by atoms with van der Waals surface area (Å²) in [7, 11) is 2.10. The van der Waals surface area contributed by atoms with Gasteiger partial charge < -0.3 is 15.3 Å². The van der Waals surface area contributed by atoms with Gasteiger partial charge in [0.15, 0.2) is 0 Å². The molecule has 0 saturated carbocycles. The largest absolute Gasteiger partial charge is 0.478 e. The Kier molecular flexibility index (Phi) is 3.23. The van der Waals surface area contributed by atoms with Gasteiger partial charge in [-0.05, 0) is 38.2 Å². The molecule has 1 fully saturated rings. The van der Waals surface area contributed by atoms with Gasteiger partial charge in [-0.2, -0.15) is 0 Å². The molecule has 1 aliphatic heterocycles. The molecule has 104 valence electrons. The molecule has 6 nitrogen and oxygen atoms in total. The van der Waals surface area contributed by atoms with Crippen LogP contribution < -0.4 is 5.32 Å². The summed E-state index contributed by atoms with van der Waals surface area (Å²) in [5, 5.41) is 13.3. The standard InChI is InChI=1S/C14H16N4O2/c1-18-5-4-10(7-18)17-13-11-3-2-9(14(19)20)6-12(11)15-8-16-13/h2-3,6,8,10H,4-5,7H2,1H3,(H,19,20)(H,15,16,17). The highest BCUT2D eigenvalue weighted by Crippen LogP contribution is 2.22. The van der Waals surface area contributed by atoms with Crippen LogP contribution in [-0.4, -0.2) is 52.1 Å². The second-order valence-electron chi connectivity index (χ2n) is 5.15. The van der Waals surface area contributed by atoms with Crippen molar-refractivity contribution in [2.45, 2.75) is 12.5 Å². The number of benzene rings is 1. The predicted octanol–water partition coefficient (Wildman–Crippen LogP) is 1.44. The van der Waals surface area contributed by atoms with Crippen molar-refractivity contribution < 1.29 is 9.90 Å². The highest BCUT2D eigenvalue weighted by molar-refractivity contribution is 5.96. The number of likely N-dealkylation sites (N-methyl/N-ethyl adjacent to an activating group) is 1. The average Bonchev–Trinajstić information content (AvgIpc) is 2.84. The number of nitrogens with one attached hydrogen (secondary N) is 1. The Morgan fingerprint density at radius 2 is 2.30 bits per heavy atom. The Hall–Kier alpha value is -2.21. The van der Waals surface area contributed by atoms with Crippen LogP contribution in [0.15, 0.2) is 24.5 Å². The summed E-state index contributed by atoms with van der Waals surface area (Å²) in [4.78, 5) is 21.7. The normalized spacial score (nSPS) is 19.4. The van der Waals surface area contributed by atoms with Gasteiger partial charge in [-0.1, -0.05) is 0 Å². The first-order chi connectivity index (χ1) is 9.63. The maximum absolute atomic E-state index is 11.0. The highest BCUT2D eigenvalue weighted by atomic mass is 16.4. The fourth-order valence-electron chi connectivity index (χ4n) is 2.55. The molecule has 1 aliphatic rings. The van der Waals surface area contributed by atoms with E-state index in [2.05, 4.69) is 27.2 Å². The number of fused-ring (bicyclic) bond motifs is 1. The van der Waals surface area contributed by atoms with Crippen LogP contribution in [0.2, 0.25) is 0 Å². The molecule has 2 N–H and O–H groups in total. The summed E-state index contributed by atoms with van der Waals surface area (Å²) in [6, 6.07) is 5.29. The maximum atomic E-state index is 11.0. The molecule has 20 heavy (non-hydrogen) atoms. The molecule has 1 aromatic carbocycles. The highest BCUT2D eigenvalue weighted by Gasteiger charge is 2.20. The van der Waals surface area contributed by atoms with E-state index in [1.165, 1.54) is 6.33 Å². The molecule has 0 amide bonds. The lowest BCUT2D eigenvalue weighted by Crippen LogP contribution is -2.24. The molecule has 0 radical (unpaired) electrons. The number of aromatic carboxylic acids is 1. The van der Waals surface area contributed by atoms with Crippen molar-refractivity contribution in [1.82, 2.24) is 14.9 Å². The van der Waals surface area contributed by atoms with Crippen molar-refractivity contribution in [2.75, 3.05) is 25.5 Å². The monoisotopic (exact) mass is 272 g/mol. The molecule has 3 rings (SSSR count). The summed E-state index contributed by atoms with van der Waals surface area (Å²) >= 11 is 0. The van der Waals surface area contributed by atoms with Gasteiger partial charge in [-0.3, -0.25) is 0 Å². The molecule has 0 aliphatic carbocycles. The van der Waals surface area contributed by atoms with Gasteiger partial charge in [0.25, 0.3) is 0 Å². The Morgan fingerprint density at radius 3 is 3.00 bits per heavy atom. The molecule has 1 aromatic heterocycles. The van der Waals surface area contributed by atoms with E-state index >= 15 is 0 Å². The van der Waals surface area contributed by atoms with Crippen molar-refractivity contribution in [1.29, 1.82) is 0 Å². The van der Waals surface area contributed by atoms with Crippen LogP contribution >= 0.6 is 0 Å². The number of likely N-dealkylation sites (tertiary alicyclic amines) is 1. The lowest BCUT2D eigenvalue weighted by molar-refractivity contribution is 0.0697. The molecular weight excluding hydrogens is 256 g/mol. The molecule has 2 heterocycles. The molecule has 1 saturated heterocycles. The van der Waals surface area contributed by atoms with Crippen LogP contribution in [0.1, 0.15) is 16.8 Å². The summed E-state index contributed by atoms with van der Waals surface area (Å²) in [6.07, 6.45) is 2.55. The number of anilines is 1. The van der Waals surface area contributed by atoms with E-state index in [0.29, 0.717) is 11.6 Å². The van der Waals surface area contributed by atoms with Crippen molar-refractivity contribution in [3.05, 3.63) is 30.1 Å². The molecule has 0 spiro atoms. The quantitative estimate of drug-likeness (QED) is 0.880. The number of carbonyl (C=O) groups is 1. The van der Waals surface area contributed by atoms with E-state index in [-0.39, 0.29) is 5.56 Å². The van der Waals surface area contributed by atoms with E-state index < -0.39 is 5.97 Å². The van der Waals surface area contributed by atoms with Crippen molar-refractivity contribution in [3.63, 3.8) is 0 Å². The Labute approximate surface area is 116 Å². The Morgan fingerprint density at radius 1 is 1.45 bits per heavy atom. The van der Waals surface area contributed by atoms with E-state index in [9.17, 15) is 4.79 Å². The van der Waals surface area contributed by atoms with Gasteiger partial charge in [0, 0.05) is 18.0 Å². The van der Waals surface area contributed by atoms with Crippen LogP contribution in [0.3, 0.4) is 0 Å². The number of nitrogens with zero attached hydrogens (tertiary/aromatic N) is 3. The minimum atomic E-state index is -0.947.